The standard InChI is InChI=1S/C26H29ClN2O3/c1-8-24(6)16(27)12-15-22(2,3)13-10-9-11-14-17(13)18-19(29-14)23(4,5)20(30)21(31)26(24,28-7)25(15,18)32/h8-11,15-16,21,29,31-32H,1,12H2,2-6H3/t15-,16-,21+,24+,25-,26+/m1/s1. The third-order valence-electron chi connectivity index (χ3n) is 9.26. The van der Waals surface area contributed by atoms with Gasteiger partial charge in [0.05, 0.1) is 16.2 Å². The van der Waals surface area contributed by atoms with Crippen LogP contribution in [0.15, 0.2) is 30.9 Å². The van der Waals surface area contributed by atoms with Gasteiger partial charge in [-0.2, -0.15) is 0 Å². The molecule has 0 aliphatic heterocycles. The van der Waals surface area contributed by atoms with Gasteiger partial charge in [0.2, 0.25) is 0 Å². The van der Waals surface area contributed by atoms with Crippen LogP contribution in [0.5, 0.6) is 0 Å². The number of aromatic amines is 1. The van der Waals surface area contributed by atoms with Crippen LogP contribution in [-0.4, -0.2) is 38.0 Å². The van der Waals surface area contributed by atoms with E-state index >= 15 is 0 Å². The Balaban J connectivity index is 2.11. The highest BCUT2D eigenvalue weighted by Gasteiger charge is 2.83. The van der Waals surface area contributed by atoms with E-state index in [9.17, 15) is 15.0 Å². The van der Waals surface area contributed by atoms with Gasteiger partial charge in [0.25, 0.3) is 0 Å². The lowest BCUT2D eigenvalue weighted by molar-refractivity contribution is -0.192. The Bertz CT molecular complexity index is 1250. The molecule has 3 aliphatic rings. The van der Waals surface area contributed by atoms with Gasteiger partial charge in [0.1, 0.15) is 0 Å². The molecule has 1 saturated carbocycles. The van der Waals surface area contributed by atoms with Crippen LogP contribution in [0.25, 0.3) is 15.7 Å². The molecule has 1 aromatic heterocycles. The third kappa shape index (κ3) is 1.87. The fourth-order valence-electron chi connectivity index (χ4n) is 7.25. The zero-order valence-corrected chi connectivity index (χ0v) is 19.8. The summed E-state index contributed by atoms with van der Waals surface area (Å²) in [7, 11) is 0. The first-order valence-corrected chi connectivity index (χ1v) is 11.5. The lowest BCUT2D eigenvalue weighted by atomic mass is 9.42. The minimum atomic E-state index is -1.93. The minimum Gasteiger partial charge on any atom is -0.378 e. The number of H-pyrrole nitrogens is 1. The van der Waals surface area contributed by atoms with Gasteiger partial charge in [-0.1, -0.05) is 32.1 Å². The monoisotopic (exact) mass is 452 g/mol. The molecule has 0 radical (unpaired) electrons. The van der Waals surface area contributed by atoms with Crippen molar-refractivity contribution in [2.75, 3.05) is 0 Å². The second-order valence-corrected chi connectivity index (χ2v) is 11.6. The predicted molar refractivity (Wildman–Crippen MR) is 125 cm³/mol. The van der Waals surface area contributed by atoms with E-state index in [0.29, 0.717) is 17.7 Å². The Morgan fingerprint density at radius 3 is 2.53 bits per heavy atom. The number of Topliss-reactive ketones (excluding diaryl/α,β-unsaturated/α-hetero) is 1. The van der Waals surface area contributed by atoms with Crippen molar-refractivity contribution in [1.82, 2.24) is 4.98 Å². The van der Waals surface area contributed by atoms with Crippen LogP contribution in [0.3, 0.4) is 0 Å². The number of benzene rings is 1. The maximum atomic E-state index is 13.9. The van der Waals surface area contributed by atoms with E-state index in [1.807, 2.05) is 12.1 Å². The van der Waals surface area contributed by atoms with Gasteiger partial charge in [0, 0.05) is 28.1 Å². The summed E-state index contributed by atoms with van der Waals surface area (Å²) in [6.45, 7) is 21.7. The molecule has 5 rings (SSSR count). The molecule has 6 atom stereocenters. The smallest absolute Gasteiger partial charge is 0.307 e. The van der Waals surface area contributed by atoms with E-state index in [-0.39, 0.29) is 0 Å². The Morgan fingerprint density at radius 1 is 1.28 bits per heavy atom. The van der Waals surface area contributed by atoms with E-state index in [1.54, 1.807) is 26.8 Å². The zero-order valence-electron chi connectivity index (χ0n) is 19.1. The number of rotatable bonds is 1. The lowest BCUT2D eigenvalue weighted by Gasteiger charge is -2.61. The number of aliphatic hydroxyl groups excluding tert-OH is 1. The third-order valence-corrected chi connectivity index (χ3v) is 9.89. The average molecular weight is 453 g/mol. The molecule has 1 fully saturated rings. The van der Waals surface area contributed by atoms with Crippen LogP contribution in [-0.2, 0) is 21.2 Å². The van der Waals surface area contributed by atoms with E-state index in [2.05, 4.69) is 36.3 Å². The van der Waals surface area contributed by atoms with Crippen molar-refractivity contribution in [2.24, 2.45) is 11.3 Å². The number of ketones is 1. The molecule has 5 nitrogen and oxygen atoms in total. The van der Waals surface area contributed by atoms with Crippen molar-refractivity contribution >= 4 is 28.3 Å². The summed E-state index contributed by atoms with van der Waals surface area (Å²) in [5, 5.41) is 24.9. The molecule has 168 valence electrons. The van der Waals surface area contributed by atoms with Crippen molar-refractivity contribution < 1.29 is 15.0 Å². The van der Waals surface area contributed by atoms with Crippen molar-refractivity contribution in [1.29, 1.82) is 0 Å². The quantitative estimate of drug-likeness (QED) is 0.342. The Morgan fingerprint density at radius 2 is 1.94 bits per heavy atom. The van der Waals surface area contributed by atoms with Gasteiger partial charge in [-0.25, -0.2) is 6.57 Å². The Hall–Kier alpha value is -2.13. The van der Waals surface area contributed by atoms with Gasteiger partial charge in [-0.15, -0.1) is 18.2 Å². The Kier molecular flexibility index (Phi) is 3.97. The molecule has 1 aromatic carbocycles. The van der Waals surface area contributed by atoms with Gasteiger partial charge in [-0.3, -0.25) is 4.79 Å². The van der Waals surface area contributed by atoms with Crippen LogP contribution in [0.2, 0.25) is 0 Å². The van der Waals surface area contributed by atoms with Crippen LogP contribution >= 0.6 is 11.6 Å². The molecule has 0 spiro atoms. The number of carbonyl (C=O) groups excluding carboxylic acids is 1. The number of aromatic nitrogens is 1. The molecule has 0 unspecified atom stereocenters. The number of halogens is 1. The average Bonchev–Trinajstić information content (AvgIpc) is 3.14. The van der Waals surface area contributed by atoms with Crippen LogP contribution in [0, 0.1) is 17.9 Å². The summed E-state index contributed by atoms with van der Waals surface area (Å²) in [5.41, 5.74) is -3.70. The van der Waals surface area contributed by atoms with E-state index in [1.165, 1.54) is 0 Å². The molecular formula is C26H29ClN2O3. The second kappa shape index (κ2) is 5.86. The normalized spacial score (nSPS) is 41.1. The van der Waals surface area contributed by atoms with Gasteiger partial charge < -0.3 is 20.0 Å². The first-order valence-electron chi connectivity index (χ1n) is 11.1. The number of hydrogen-bond acceptors (Lipinski definition) is 3. The number of carbonyl (C=O) groups is 1. The van der Waals surface area contributed by atoms with Crippen molar-refractivity contribution in [3.05, 3.63) is 59.1 Å². The predicted octanol–water partition coefficient (Wildman–Crippen LogP) is 4.35. The van der Waals surface area contributed by atoms with Crippen LogP contribution in [0.1, 0.15) is 57.9 Å². The number of hydrogen-bond donors (Lipinski definition) is 3. The summed E-state index contributed by atoms with van der Waals surface area (Å²) in [5.74, 6) is -1.00. The molecule has 0 bridgehead atoms. The van der Waals surface area contributed by atoms with Gasteiger partial charge in [0.15, 0.2) is 17.5 Å². The fraction of sp³-hybridized carbons (Fsp3) is 0.538. The van der Waals surface area contributed by atoms with Crippen molar-refractivity contribution in [3.8, 4) is 0 Å². The molecule has 0 amide bonds. The van der Waals surface area contributed by atoms with Crippen molar-refractivity contribution in [2.45, 2.75) is 74.5 Å². The van der Waals surface area contributed by atoms with Crippen LogP contribution in [0.4, 0.5) is 0 Å². The topological polar surface area (TPSA) is 77.7 Å². The number of nitrogens with one attached hydrogen (secondary N) is 1. The van der Waals surface area contributed by atoms with E-state index < -0.39 is 50.6 Å². The SMILES string of the molecule is [C-]#[N+][C@]12[C@@H](O)C(=O)C(C)(C)c3[nH]c4cccc5c4c3[C@]1(O)[C@H](C[C@@H](Cl)[C@]2(C)C=C)C5(C)C. The first kappa shape index (κ1) is 21.7. The maximum Gasteiger partial charge on any atom is 0.307 e. The summed E-state index contributed by atoms with van der Waals surface area (Å²) >= 11 is 6.98. The zero-order chi connectivity index (χ0) is 23.6. The molecule has 2 aromatic rings. The Labute approximate surface area is 193 Å². The largest absolute Gasteiger partial charge is 0.378 e. The van der Waals surface area contributed by atoms with E-state index in [4.69, 9.17) is 18.2 Å². The summed E-state index contributed by atoms with van der Waals surface area (Å²) in [6, 6.07) is 5.96. The second-order valence-electron chi connectivity index (χ2n) is 11.1. The number of aliphatic hydroxyl groups is 2. The molecular weight excluding hydrogens is 424 g/mol. The van der Waals surface area contributed by atoms with Crippen LogP contribution < -0.4 is 0 Å². The minimum absolute atomic E-state index is 0.409. The molecule has 32 heavy (non-hydrogen) atoms. The lowest BCUT2D eigenvalue weighted by Crippen LogP contribution is -2.76. The summed E-state index contributed by atoms with van der Waals surface area (Å²) < 4.78 is 0. The van der Waals surface area contributed by atoms with Gasteiger partial charge in [-0.05, 0) is 44.2 Å². The number of nitrogens with zero attached hydrogens (tertiary/aromatic N) is 1. The molecule has 0 saturated heterocycles. The van der Waals surface area contributed by atoms with Gasteiger partial charge >= 0.3 is 5.54 Å². The van der Waals surface area contributed by atoms with Crippen molar-refractivity contribution in [3.63, 3.8) is 0 Å². The fourth-order valence-corrected chi connectivity index (χ4v) is 7.68. The van der Waals surface area contributed by atoms with E-state index in [0.717, 1.165) is 16.5 Å². The highest BCUT2D eigenvalue weighted by atomic mass is 35.5. The molecule has 1 heterocycles. The highest BCUT2D eigenvalue weighted by molar-refractivity contribution is 6.21. The molecule has 6 heteroatoms. The maximum absolute atomic E-state index is 13.9. The molecule has 3 aliphatic carbocycles. The summed E-state index contributed by atoms with van der Waals surface area (Å²) in [6.07, 6.45) is 0.221. The molecule has 3 N–H and O–H groups in total. The highest BCUT2D eigenvalue weighted by Crippen LogP contribution is 2.70. The first-order chi connectivity index (χ1) is 14.8. The number of alkyl halides is 1. The summed E-state index contributed by atoms with van der Waals surface area (Å²) in [4.78, 5) is 21.3.